The Morgan fingerprint density at radius 1 is 1.28 bits per heavy atom. The monoisotopic (exact) mass is 240 g/mol. The summed E-state index contributed by atoms with van der Waals surface area (Å²) in [4.78, 5) is 0. The van der Waals surface area contributed by atoms with Gasteiger partial charge in [-0.3, -0.25) is 0 Å². The zero-order chi connectivity index (χ0) is 12.6. The van der Waals surface area contributed by atoms with E-state index in [1.807, 2.05) is 0 Å². The molecule has 2 atom stereocenters. The molecule has 0 spiro atoms. The van der Waals surface area contributed by atoms with Gasteiger partial charge in [0, 0.05) is 0 Å². The predicted octanol–water partition coefficient (Wildman–Crippen LogP) is 5.37. The molecule has 0 heteroatoms. The number of hydrogen-bond acceptors (Lipinski definition) is 0. The molecule has 0 amide bonds. The second kappa shape index (κ2) is 7.20. The lowest BCUT2D eigenvalue weighted by molar-refractivity contribution is 0.415. The van der Waals surface area contributed by atoms with Crippen LogP contribution in [0.2, 0.25) is 0 Å². The van der Waals surface area contributed by atoms with Crippen LogP contribution in [0.5, 0.6) is 0 Å². The Hall–Kier alpha value is -1.30. The molecule has 0 bridgehead atoms. The van der Waals surface area contributed by atoms with E-state index in [1.165, 1.54) is 32.1 Å². The fourth-order valence-electron chi connectivity index (χ4n) is 2.95. The van der Waals surface area contributed by atoms with Crippen LogP contribution in [-0.2, 0) is 0 Å². The Balaban J connectivity index is 2.06. The van der Waals surface area contributed by atoms with Gasteiger partial charge in [-0.05, 0) is 50.9 Å². The number of allylic oxidation sites excluding steroid dienone is 10. The van der Waals surface area contributed by atoms with E-state index in [9.17, 15) is 0 Å². The second-order valence-electron chi connectivity index (χ2n) is 5.17. The molecule has 0 aromatic carbocycles. The van der Waals surface area contributed by atoms with E-state index in [-0.39, 0.29) is 0 Å². The molecule has 0 aromatic rings. The topological polar surface area (TPSA) is 0 Å². The van der Waals surface area contributed by atoms with Crippen molar-refractivity contribution in [3.63, 3.8) is 0 Å². The molecular weight excluding hydrogens is 216 g/mol. The van der Waals surface area contributed by atoms with Crippen molar-refractivity contribution >= 4 is 0 Å². The third kappa shape index (κ3) is 3.60. The summed E-state index contributed by atoms with van der Waals surface area (Å²) >= 11 is 0. The summed E-state index contributed by atoms with van der Waals surface area (Å²) in [6, 6.07) is 0. The van der Waals surface area contributed by atoms with Gasteiger partial charge in [0.05, 0.1) is 0 Å². The normalized spacial score (nSPS) is 24.5. The highest BCUT2D eigenvalue weighted by Crippen LogP contribution is 2.34. The van der Waals surface area contributed by atoms with Gasteiger partial charge in [0.15, 0.2) is 0 Å². The van der Waals surface area contributed by atoms with Crippen molar-refractivity contribution in [2.24, 2.45) is 11.8 Å². The quantitative estimate of drug-likeness (QED) is 0.567. The van der Waals surface area contributed by atoms with Crippen LogP contribution in [0.1, 0.15) is 39.0 Å². The maximum Gasteiger partial charge on any atom is -0.0130 e. The summed E-state index contributed by atoms with van der Waals surface area (Å²) < 4.78 is 0. The van der Waals surface area contributed by atoms with Crippen LogP contribution < -0.4 is 0 Å². The summed E-state index contributed by atoms with van der Waals surface area (Å²) in [5.74, 6) is 1.44. The van der Waals surface area contributed by atoms with E-state index in [0.717, 1.165) is 5.92 Å². The largest absolute Gasteiger partial charge is 0.0917 e. The van der Waals surface area contributed by atoms with Gasteiger partial charge in [-0.25, -0.2) is 0 Å². The van der Waals surface area contributed by atoms with E-state index >= 15 is 0 Å². The molecule has 0 aliphatic heterocycles. The molecule has 0 heterocycles. The summed E-state index contributed by atoms with van der Waals surface area (Å²) in [6.45, 7) is 2.11. The van der Waals surface area contributed by atoms with E-state index in [4.69, 9.17) is 0 Å². The average molecular weight is 240 g/mol. The molecule has 2 unspecified atom stereocenters. The van der Waals surface area contributed by atoms with Crippen LogP contribution in [0.25, 0.3) is 0 Å². The van der Waals surface area contributed by atoms with Crippen LogP contribution in [0.3, 0.4) is 0 Å². The van der Waals surface area contributed by atoms with Gasteiger partial charge in [-0.1, -0.05) is 60.3 Å². The van der Waals surface area contributed by atoms with Gasteiger partial charge >= 0.3 is 0 Å². The fourth-order valence-corrected chi connectivity index (χ4v) is 2.95. The van der Waals surface area contributed by atoms with Crippen molar-refractivity contribution in [2.45, 2.75) is 39.0 Å². The SMILES string of the molecule is CC=CCCC(C1=CC=CCC1)C1C=CC=CC1. The smallest absolute Gasteiger partial charge is 0.0130 e. The summed E-state index contributed by atoms with van der Waals surface area (Å²) in [7, 11) is 0. The maximum absolute atomic E-state index is 2.40. The van der Waals surface area contributed by atoms with Crippen molar-refractivity contribution < 1.29 is 0 Å². The lowest BCUT2D eigenvalue weighted by Gasteiger charge is -2.28. The first kappa shape index (κ1) is 13.1. The van der Waals surface area contributed by atoms with Gasteiger partial charge in [0.25, 0.3) is 0 Å². The predicted molar refractivity (Wildman–Crippen MR) is 80.4 cm³/mol. The highest BCUT2D eigenvalue weighted by molar-refractivity contribution is 5.24. The Kier molecular flexibility index (Phi) is 5.26. The maximum atomic E-state index is 2.40. The average Bonchev–Trinajstić information content (AvgIpc) is 2.46. The van der Waals surface area contributed by atoms with Crippen LogP contribution in [-0.4, -0.2) is 0 Å². The molecule has 2 rings (SSSR count). The van der Waals surface area contributed by atoms with Crippen molar-refractivity contribution in [1.29, 1.82) is 0 Å². The molecule has 0 saturated carbocycles. The molecule has 0 radical (unpaired) electrons. The first-order chi connectivity index (χ1) is 8.92. The lowest BCUT2D eigenvalue weighted by Crippen LogP contribution is -2.17. The third-order valence-corrected chi connectivity index (χ3v) is 3.93. The van der Waals surface area contributed by atoms with Crippen molar-refractivity contribution in [3.8, 4) is 0 Å². The highest BCUT2D eigenvalue weighted by Gasteiger charge is 2.22. The van der Waals surface area contributed by atoms with Crippen molar-refractivity contribution in [3.05, 3.63) is 60.3 Å². The van der Waals surface area contributed by atoms with E-state index in [0.29, 0.717) is 5.92 Å². The molecule has 0 nitrogen and oxygen atoms in total. The van der Waals surface area contributed by atoms with Gasteiger partial charge in [-0.2, -0.15) is 0 Å². The standard InChI is InChI=1S/C18H24/c1-2-3-6-15-18(16-11-7-4-8-12-16)17-13-9-5-10-14-17/h2-5,7-9,11,13,16,18H,6,10,12,14-15H2,1H3. The Labute approximate surface area is 111 Å². The van der Waals surface area contributed by atoms with Gasteiger partial charge in [0.1, 0.15) is 0 Å². The van der Waals surface area contributed by atoms with Crippen LogP contribution in [0.4, 0.5) is 0 Å². The van der Waals surface area contributed by atoms with Crippen LogP contribution in [0, 0.1) is 11.8 Å². The second-order valence-corrected chi connectivity index (χ2v) is 5.17. The minimum atomic E-state index is 0.706. The third-order valence-electron chi connectivity index (χ3n) is 3.93. The Morgan fingerprint density at radius 2 is 2.22 bits per heavy atom. The van der Waals surface area contributed by atoms with Gasteiger partial charge in [-0.15, -0.1) is 0 Å². The number of hydrogen-bond donors (Lipinski definition) is 0. The van der Waals surface area contributed by atoms with Crippen LogP contribution >= 0.6 is 0 Å². The molecule has 0 N–H and O–H groups in total. The number of rotatable bonds is 5. The summed E-state index contributed by atoms with van der Waals surface area (Å²) in [5, 5.41) is 0. The van der Waals surface area contributed by atoms with Crippen molar-refractivity contribution in [2.75, 3.05) is 0 Å². The molecular formula is C18H24. The Morgan fingerprint density at radius 3 is 2.89 bits per heavy atom. The zero-order valence-corrected chi connectivity index (χ0v) is 11.4. The van der Waals surface area contributed by atoms with E-state index in [2.05, 4.69) is 61.6 Å². The molecule has 18 heavy (non-hydrogen) atoms. The minimum absolute atomic E-state index is 0.706. The fraction of sp³-hybridized carbons (Fsp3) is 0.444. The molecule has 2 aliphatic rings. The summed E-state index contributed by atoms with van der Waals surface area (Å²) in [6.07, 6.45) is 26.6. The van der Waals surface area contributed by atoms with Gasteiger partial charge in [0.2, 0.25) is 0 Å². The molecule has 2 aliphatic carbocycles. The van der Waals surface area contributed by atoms with Gasteiger partial charge < -0.3 is 0 Å². The summed E-state index contributed by atoms with van der Waals surface area (Å²) in [5.41, 5.74) is 1.66. The molecule has 0 saturated heterocycles. The Bertz CT molecular complexity index is 390. The lowest BCUT2D eigenvalue weighted by atomic mass is 9.77. The first-order valence-electron chi connectivity index (χ1n) is 7.22. The van der Waals surface area contributed by atoms with Crippen molar-refractivity contribution in [1.82, 2.24) is 0 Å². The molecule has 0 fully saturated rings. The zero-order valence-electron chi connectivity index (χ0n) is 11.4. The van der Waals surface area contributed by atoms with E-state index in [1.54, 1.807) is 5.57 Å². The van der Waals surface area contributed by atoms with E-state index < -0.39 is 0 Å². The molecule has 0 aromatic heterocycles. The molecule has 96 valence electrons. The minimum Gasteiger partial charge on any atom is -0.0917 e. The van der Waals surface area contributed by atoms with Crippen LogP contribution in [0.15, 0.2) is 60.3 Å². The highest BCUT2D eigenvalue weighted by atomic mass is 14.3. The first-order valence-corrected chi connectivity index (χ1v) is 7.22.